The molecule has 3 atom stereocenters. The lowest BCUT2D eigenvalue weighted by molar-refractivity contribution is -0.118. The molecule has 1 unspecified atom stereocenters. The van der Waals surface area contributed by atoms with E-state index in [-0.39, 0.29) is 24.0 Å². The number of carbonyl (C=O) groups excluding carboxylic acids is 1. The number of aromatic nitrogens is 1. The molecule has 1 aromatic rings. The Bertz CT molecular complexity index is 533. The number of nitrogens with zero attached hydrogens (tertiary/aromatic N) is 1. The van der Waals surface area contributed by atoms with Gasteiger partial charge in [-0.3, -0.25) is 4.79 Å². The number of hydrogen-bond acceptors (Lipinski definition) is 4. The molecule has 2 aliphatic rings. The van der Waals surface area contributed by atoms with E-state index in [9.17, 15) is 9.90 Å². The Morgan fingerprint density at radius 1 is 1.63 bits per heavy atom. The maximum absolute atomic E-state index is 12.2. The zero-order valence-electron chi connectivity index (χ0n) is 10.6. The average Bonchev–Trinajstić information content (AvgIpc) is 2.96. The summed E-state index contributed by atoms with van der Waals surface area (Å²) in [7, 11) is 0. The number of anilines is 1. The molecule has 0 spiro atoms. The summed E-state index contributed by atoms with van der Waals surface area (Å²) in [4.78, 5) is 16.5. The Balaban J connectivity index is 1.68. The molecule has 5 nitrogen and oxygen atoms in total. The zero-order valence-corrected chi connectivity index (χ0v) is 12.2. The van der Waals surface area contributed by atoms with Gasteiger partial charge in [0.25, 0.3) is 0 Å². The third-order valence-corrected chi connectivity index (χ3v) is 4.58. The van der Waals surface area contributed by atoms with Crippen molar-refractivity contribution in [2.75, 3.05) is 11.9 Å². The van der Waals surface area contributed by atoms with Crippen LogP contribution in [0.5, 0.6) is 0 Å². The summed E-state index contributed by atoms with van der Waals surface area (Å²) in [5.41, 5.74) is 0.874. The molecule has 0 aromatic carbocycles. The molecule has 102 valence electrons. The lowest BCUT2D eigenvalue weighted by atomic mass is 10.0. The Morgan fingerprint density at radius 2 is 2.42 bits per heavy atom. The summed E-state index contributed by atoms with van der Waals surface area (Å²) in [6, 6.07) is 3.81. The maximum Gasteiger partial charge on any atom is 0.242 e. The van der Waals surface area contributed by atoms with Crippen LogP contribution in [0.4, 0.5) is 5.82 Å². The molecule has 6 heteroatoms. The number of halogens is 1. The van der Waals surface area contributed by atoms with Crippen LogP contribution in [0.25, 0.3) is 0 Å². The highest BCUT2D eigenvalue weighted by atomic mass is 79.9. The van der Waals surface area contributed by atoms with Crippen molar-refractivity contribution in [1.29, 1.82) is 0 Å². The molecule has 2 heterocycles. The number of rotatable bonds is 3. The van der Waals surface area contributed by atoms with Crippen molar-refractivity contribution < 1.29 is 9.90 Å². The largest absolute Gasteiger partial charge is 0.396 e. The van der Waals surface area contributed by atoms with Gasteiger partial charge >= 0.3 is 0 Å². The van der Waals surface area contributed by atoms with E-state index in [0.717, 1.165) is 12.0 Å². The number of amides is 1. The van der Waals surface area contributed by atoms with Gasteiger partial charge in [0, 0.05) is 11.5 Å². The number of hydrogen-bond donors (Lipinski definition) is 3. The van der Waals surface area contributed by atoms with Gasteiger partial charge in [-0.1, -0.05) is 6.07 Å². The van der Waals surface area contributed by atoms with Crippen LogP contribution < -0.4 is 10.6 Å². The highest BCUT2D eigenvalue weighted by molar-refractivity contribution is 9.10. The van der Waals surface area contributed by atoms with Crippen LogP contribution in [0.2, 0.25) is 0 Å². The van der Waals surface area contributed by atoms with Crippen molar-refractivity contribution in [3.63, 3.8) is 0 Å². The number of carbonyl (C=O) groups is 1. The van der Waals surface area contributed by atoms with Gasteiger partial charge in [0.05, 0.1) is 12.6 Å². The predicted octanol–water partition coefficient (Wildman–Crippen LogP) is 1.20. The van der Waals surface area contributed by atoms with E-state index >= 15 is 0 Å². The van der Waals surface area contributed by atoms with Gasteiger partial charge in [-0.2, -0.15) is 0 Å². The highest BCUT2D eigenvalue weighted by Crippen LogP contribution is 2.54. The van der Waals surface area contributed by atoms with Gasteiger partial charge in [0.15, 0.2) is 0 Å². The first-order valence-corrected chi connectivity index (χ1v) is 7.14. The van der Waals surface area contributed by atoms with Crippen LogP contribution >= 0.6 is 15.9 Å². The molecule has 1 aliphatic carbocycles. The summed E-state index contributed by atoms with van der Waals surface area (Å²) >= 11 is 3.29. The number of fused-ring (bicyclic) bond motifs is 1. The Morgan fingerprint density at radius 3 is 3.11 bits per heavy atom. The molecule has 0 bridgehead atoms. The van der Waals surface area contributed by atoms with Crippen LogP contribution in [-0.2, 0) is 4.79 Å². The predicted molar refractivity (Wildman–Crippen MR) is 74.8 cm³/mol. The fourth-order valence-corrected chi connectivity index (χ4v) is 3.07. The van der Waals surface area contributed by atoms with Crippen molar-refractivity contribution >= 4 is 27.7 Å². The van der Waals surface area contributed by atoms with Crippen LogP contribution in [0.1, 0.15) is 18.4 Å². The van der Waals surface area contributed by atoms with Gasteiger partial charge in [0.1, 0.15) is 10.4 Å². The third kappa shape index (κ3) is 2.28. The number of nitrogens with one attached hydrogen (secondary N) is 2. The molecule has 1 aliphatic heterocycles. The molecular formula is C13H16BrN3O2. The maximum atomic E-state index is 12.2. The summed E-state index contributed by atoms with van der Waals surface area (Å²) in [5, 5.41) is 15.5. The minimum absolute atomic E-state index is 0.0538. The van der Waals surface area contributed by atoms with Crippen LogP contribution in [0.15, 0.2) is 16.7 Å². The van der Waals surface area contributed by atoms with Crippen LogP contribution in [-0.4, -0.2) is 34.7 Å². The summed E-state index contributed by atoms with van der Waals surface area (Å²) in [6.45, 7) is 2.06. The van der Waals surface area contributed by atoms with E-state index in [4.69, 9.17) is 0 Å². The van der Waals surface area contributed by atoms with Crippen LogP contribution in [0, 0.1) is 12.3 Å². The Hall–Kier alpha value is -0.980. The number of piperidine rings is 1. The Labute approximate surface area is 119 Å². The lowest BCUT2D eigenvalue weighted by Crippen LogP contribution is -2.38. The van der Waals surface area contributed by atoms with Crippen molar-refractivity contribution in [3.05, 3.63) is 22.3 Å². The lowest BCUT2D eigenvalue weighted by Gasteiger charge is -2.15. The first kappa shape index (κ1) is 13.0. The fourth-order valence-electron chi connectivity index (χ4n) is 2.76. The molecule has 3 rings (SSSR count). The average molecular weight is 326 g/mol. The third-order valence-electron chi connectivity index (χ3n) is 4.14. The minimum Gasteiger partial charge on any atom is -0.396 e. The number of aryl methyl sites for hydroxylation is 1. The molecule has 19 heavy (non-hydrogen) atoms. The monoisotopic (exact) mass is 325 g/mol. The van der Waals surface area contributed by atoms with Gasteiger partial charge in [0.2, 0.25) is 5.91 Å². The molecular weight excluding hydrogens is 310 g/mol. The van der Waals surface area contributed by atoms with Crippen molar-refractivity contribution in [1.82, 2.24) is 10.3 Å². The van der Waals surface area contributed by atoms with Crippen molar-refractivity contribution in [2.45, 2.75) is 31.8 Å². The second-order valence-electron chi connectivity index (χ2n) is 5.49. The van der Waals surface area contributed by atoms with Crippen molar-refractivity contribution in [3.8, 4) is 0 Å². The fraction of sp³-hybridized carbons (Fsp3) is 0.538. The van der Waals surface area contributed by atoms with Gasteiger partial charge in [-0.25, -0.2) is 4.98 Å². The van der Waals surface area contributed by atoms with E-state index in [1.54, 1.807) is 0 Å². The van der Waals surface area contributed by atoms with Gasteiger partial charge < -0.3 is 15.7 Å². The number of pyridine rings is 1. The first-order valence-electron chi connectivity index (χ1n) is 6.35. The van der Waals surface area contributed by atoms with E-state index in [2.05, 4.69) is 31.5 Å². The highest BCUT2D eigenvalue weighted by Gasteiger charge is 2.61. The first-order chi connectivity index (χ1) is 9.04. The smallest absolute Gasteiger partial charge is 0.242 e. The van der Waals surface area contributed by atoms with Gasteiger partial charge in [-0.15, -0.1) is 0 Å². The Kier molecular flexibility index (Phi) is 3.11. The second kappa shape index (κ2) is 4.54. The molecule has 3 N–H and O–H groups in total. The normalized spacial score (nSPS) is 31.9. The van der Waals surface area contributed by atoms with E-state index < -0.39 is 0 Å². The summed E-state index contributed by atoms with van der Waals surface area (Å²) in [6.07, 6.45) is 1.68. The summed E-state index contributed by atoms with van der Waals surface area (Å²) in [5.74, 6) is 0.508. The van der Waals surface area contributed by atoms with E-state index in [1.807, 2.05) is 19.1 Å². The van der Waals surface area contributed by atoms with E-state index in [1.165, 1.54) is 0 Å². The second-order valence-corrected chi connectivity index (χ2v) is 6.30. The molecule has 2 fully saturated rings. The SMILES string of the molecule is Cc1ccc(Br)nc1NC(=O)[C@@H]1C[C@@]2(CO)CC2N1. The molecule has 0 radical (unpaired) electrons. The quantitative estimate of drug-likeness (QED) is 0.730. The van der Waals surface area contributed by atoms with Crippen molar-refractivity contribution in [2.24, 2.45) is 5.41 Å². The molecule has 1 saturated carbocycles. The molecule has 1 amide bonds. The van der Waals surface area contributed by atoms with Gasteiger partial charge in [-0.05, 0) is 47.3 Å². The minimum atomic E-state index is -0.230. The standard InChI is InChI=1S/C13H16BrN3O2/c1-7-2-3-10(14)16-11(7)17-12(19)8-4-13(6-18)5-9(13)15-8/h2-3,8-9,15,18H,4-6H2,1H3,(H,16,17,19)/t8-,9?,13-/m0/s1. The molecule has 1 aromatic heterocycles. The van der Waals surface area contributed by atoms with Crippen LogP contribution in [0.3, 0.4) is 0 Å². The summed E-state index contributed by atoms with van der Waals surface area (Å²) < 4.78 is 0.697. The zero-order chi connectivity index (χ0) is 13.6. The number of aliphatic hydroxyl groups excluding tert-OH is 1. The van der Waals surface area contributed by atoms with E-state index in [0.29, 0.717) is 22.9 Å². The molecule has 1 saturated heterocycles. The topological polar surface area (TPSA) is 74.2 Å². The number of aliphatic hydroxyl groups is 1.